The number of alkyl halides is 3. The normalized spacial score (nSPS) is 10.8. The average Bonchev–Trinajstić information content (AvgIpc) is 2.27. The molecule has 0 saturated carbocycles. The topological polar surface area (TPSA) is 33.0 Å². The summed E-state index contributed by atoms with van der Waals surface area (Å²) in [5, 5.41) is 8.80. The molecule has 1 aromatic carbocycles. The molecule has 0 amide bonds. The van der Waals surface area contributed by atoms with Gasteiger partial charge in [-0.1, -0.05) is 6.07 Å². The fraction of sp³-hybridized carbons (Fsp3) is 0.273. The zero-order chi connectivity index (χ0) is 13.1. The summed E-state index contributed by atoms with van der Waals surface area (Å²) in [6.07, 6.45) is -4.43. The lowest BCUT2D eigenvalue weighted by molar-refractivity contribution is -0.137. The lowest BCUT2D eigenvalue weighted by atomic mass is 10.0. The molecule has 1 rings (SSSR count). The first kappa shape index (κ1) is 13.5. The molecule has 0 aliphatic carbocycles. The molecule has 2 nitrogen and oxygen atoms in total. The van der Waals surface area contributed by atoms with Crippen molar-refractivity contribution in [2.75, 3.05) is 7.11 Å². The van der Waals surface area contributed by atoms with Crippen molar-refractivity contribution in [1.82, 2.24) is 0 Å². The van der Waals surface area contributed by atoms with Crippen molar-refractivity contribution < 1.29 is 17.9 Å². The van der Waals surface area contributed by atoms with E-state index in [-0.39, 0.29) is 11.5 Å². The van der Waals surface area contributed by atoms with Gasteiger partial charge in [0.05, 0.1) is 24.3 Å². The summed E-state index contributed by atoms with van der Waals surface area (Å²) in [5.74, 6) is 0. The number of hydrogen-bond acceptors (Lipinski definition) is 3. The van der Waals surface area contributed by atoms with Gasteiger partial charge in [0.1, 0.15) is 0 Å². The van der Waals surface area contributed by atoms with E-state index in [4.69, 9.17) is 22.2 Å². The highest BCUT2D eigenvalue weighted by Crippen LogP contribution is 2.32. The maximum absolute atomic E-state index is 12.6. The molecule has 1 aromatic rings. The molecule has 0 N–H and O–H groups in total. The lowest BCUT2D eigenvalue weighted by Crippen LogP contribution is -2.10. The van der Waals surface area contributed by atoms with Crippen molar-refractivity contribution in [2.24, 2.45) is 0 Å². The molecule has 90 valence electrons. The average molecular weight is 259 g/mol. The van der Waals surface area contributed by atoms with E-state index in [1.165, 1.54) is 19.2 Å². The number of nitrogens with zero attached hydrogens (tertiary/aromatic N) is 1. The van der Waals surface area contributed by atoms with Gasteiger partial charge in [0.15, 0.2) is 5.05 Å². The molecule has 0 radical (unpaired) electrons. The summed E-state index contributed by atoms with van der Waals surface area (Å²) in [7, 11) is 1.36. The Bertz CT molecular complexity index is 477. The van der Waals surface area contributed by atoms with Crippen LogP contribution < -0.4 is 0 Å². The Hall–Kier alpha value is -1.61. The molecule has 0 heterocycles. The maximum Gasteiger partial charge on any atom is 0.417 e. The van der Waals surface area contributed by atoms with Gasteiger partial charge in [-0.15, -0.1) is 0 Å². The van der Waals surface area contributed by atoms with Gasteiger partial charge in [0.2, 0.25) is 0 Å². The van der Waals surface area contributed by atoms with Crippen LogP contribution in [0, 0.1) is 11.3 Å². The van der Waals surface area contributed by atoms with Gasteiger partial charge < -0.3 is 4.74 Å². The molecule has 0 fully saturated rings. The molecular weight excluding hydrogens is 251 g/mol. The van der Waals surface area contributed by atoms with E-state index in [0.29, 0.717) is 5.56 Å². The molecule has 0 aromatic heterocycles. The smallest absolute Gasteiger partial charge is 0.417 e. The summed E-state index contributed by atoms with van der Waals surface area (Å²) < 4.78 is 42.6. The van der Waals surface area contributed by atoms with Crippen LogP contribution in [0.15, 0.2) is 18.2 Å². The first-order valence-electron chi connectivity index (χ1n) is 4.55. The highest BCUT2D eigenvalue weighted by atomic mass is 32.1. The molecule has 17 heavy (non-hydrogen) atoms. The maximum atomic E-state index is 12.6. The second-order valence-electron chi connectivity index (χ2n) is 3.24. The van der Waals surface area contributed by atoms with Crippen LogP contribution in [0.2, 0.25) is 0 Å². The molecule has 0 aliphatic heterocycles. The number of halogens is 3. The minimum Gasteiger partial charge on any atom is -0.490 e. The molecule has 0 spiro atoms. The number of benzene rings is 1. The summed E-state index contributed by atoms with van der Waals surface area (Å²) >= 11 is 4.77. The zero-order valence-corrected chi connectivity index (χ0v) is 9.65. The van der Waals surface area contributed by atoms with E-state index >= 15 is 0 Å². The van der Waals surface area contributed by atoms with Crippen LogP contribution in [0.1, 0.15) is 16.7 Å². The Balaban J connectivity index is 3.15. The van der Waals surface area contributed by atoms with Gasteiger partial charge in [-0.2, -0.15) is 18.4 Å². The highest BCUT2D eigenvalue weighted by molar-refractivity contribution is 7.80. The predicted molar refractivity (Wildman–Crippen MR) is 59.5 cm³/mol. The predicted octanol–water partition coefficient (Wildman–Crippen LogP) is 3.09. The van der Waals surface area contributed by atoms with Crippen molar-refractivity contribution in [1.29, 1.82) is 5.26 Å². The Morgan fingerprint density at radius 2 is 2.12 bits per heavy atom. The lowest BCUT2D eigenvalue weighted by Gasteiger charge is -2.10. The van der Waals surface area contributed by atoms with Crippen molar-refractivity contribution in [3.63, 3.8) is 0 Å². The number of ether oxygens (including phenoxy) is 1. The minimum atomic E-state index is -4.55. The SMILES string of the molecule is COC(=S)Cc1ccc(C#N)c(C(F)(F)F)c1. The number of methoxy groups -OCH3 is 1. The second-order valence-corrected chi connectivity index (χ2v) is 3.70. The number of hydrogen-bond donors (Lipinski definition) is 0. The Morgan fingerprint density at radius 1 is 1.47 bits per heavy atom. The quantitative estimate of drug-likeness (QED) is 0.765. The van der Waals surface area contributed by atoms with Gasteiger partial charge in [-0.05, 0) is 29.9 Å². The Kier molecular flexibility index (Phi) is 4.07. The Morgan fingerprint density at radius 3 is 2.59 bits per heavy atom. The van der Waals surface area contributed by atoms with Crippen molar-refractivity contribution >= 4 is 17.3 Å². The molecule has 0 aliphatic rings. The Labute approximate surface area is 102 Å². The van der Waals surface area contributed by atoms with Gasteiger partial charge in [-0.25, -0.2) is 0 Å². The number of thiocarbonyl (C=S) groups is 1. The van der Waals surface area contributed by atoms with E-state index in [0.717, 1.165) is 12.1 Å². The van der Waals surface area contributed by atoms with Gasteiger partial charge in [0, 0.05) is 6.42 Å². The summed E-state index contributed by atoms with van der Waals surface area (Å²) in [4.78, 5) is 0. The third-order valence-electron chi connectivity index (χ3n) is 2.09. The fourth-order valence-electron chi connectivity index (χ4n) is 1.27. The van der Waals surface area contributed by atoms with E-state index in [9.17, 15) is 13.2 Å². The molecule has 0 unspecified atom stereocenters. The van der Waals surface area contributed by atoms with Gasteiger partial charge in [-0.3, -0.25) is 0 Å². The van der Waals surface area contributed by atoms with Crippen molar-refractivity contribution in [3.8, 4) is 6.07 Å². The number of nitriles is 1. The fourth-order valence-corrected chi connectivity index (χ4v) is 1.44. The van der Waals surface area contributed by atoms with Crippen LogP contribution in [0.3, 0.4) is 0 Å². The van der Waals surface area contributed by atoms with E-state index in [1.54, 1.807) is 0 Å². The first-order chi connectivity index (χ1) is 7.88. The van der Waals surface area contributed by atoms with Gasteiger partial charge >= 0.3 is 6.18 Å². The van der Waals surface area contributed by atoms with Crippen LogP contribution in [-0.2, 0) is 17.3 Å². The van der Waals surface area contributed by atoms with Crippen molar-refractivity contribution in [3.05, 3.63) is 34.9 Å². The molecule has 0 atom stereocenters. The van der Waals surface area contributed by atoms with E-state index < -0.39 is 17.3 Å². The summed E-state index contributed by atoms with van der Waals surface area (Å²) in [6, 6.07) is 5.00. The standard InChI is InChI=1S/C11H8F3NOS/c1-16-10(17)5-7-2-3-8(6-15)9(4-7)11(12,13)14/h2-4H,5H2,1H3. The summed E-state index contributed by atoms with van der Waals surface area (Å²) in [6.45, 7) is 0. The third kappa shape index (κ3) is 3.43. The summed E-state index contributed by atoms with van der Waals surface area (Å²) in [5.41, 5.74) is -0.982. The minimum absolute atomic E-state index is 0.112. The van der Waals surface area contributed by atoms with Gasteiger partial charge in [0.25, 0.3) is 0 Å². The highest BCUT2D eigenvalue weighted by Gasteiger charge is 2.33. The van der Waals surface area contributed by atoms with Crippen LogP contribution in [0.25, 0.3) is 0 Å². The van der Waals surface area contributed by atoms with Crippen molar-refractivity contribution in [2.45, 2.75) is 12.6 Å². The third-order valence-corrected chi connectivity index (χ3v) is 2.40. The molecule has 0 saturated heterocycles. The van der Waals surface area contributed by atoms with Crippen LogP contribution in [0.4, 0.5) is 13.2 Å². The largest absolute Gasteiger partial charge is 0.490 e. The van der Waals surface area contributed by atoms with E-state index in [2.05, 4.69) is 0 Å². The second kappa shape index (κ2) is 5.15. The number of rotatable bonds is 2. The molecule has 6 heteroatoms. The van der Waals surface area contributed by atoms with Crippen LogP contribution in [0.5, 0.6) is 0 Å². The molecular formula is C11H8F3NOS. The molecule has 0 bridgehead atoms. The van der Waals surface area contributed by atoms with Crippen LogP contribution in [-0.4, -0.2) is 12.2 Å². The van der Waals surface area contributed by atoms with E-state index in [1.807, 2.05) is 0 Å². The monoisotopic (exact) mass is 259 g/mol. The first-order valence-corrected chi connectivity index (χ1v) is 4.96. The zero-order valence-electron chi connectivity index (χ0n) is 8.84. The van der Waals surface area contributed by atoms with Crippen LogP contribution >= 0.6 is 12.2 Å².